The summed E-state index contributed by atoms with van der Waals surface area (Å²) < 4.78 is 0.552. The fraction of sp³-hybridized carbons (Fsp3) is 0.150. The molecule has 1 heterocycles. The van der Waals surface area contributed by atoms with Crippen molar-refractivity contribution in [3.8, 4) is 11.5 Å². The Labute approximate surface area is 172 Å². The van der Waals surface area contributed by atoms with Gasteiger partial charge in [0.2, 0.25) is 0 Å². The zero-order valence-corrected chi connectivity index (χ0v) is 17.1. The van der Waals surface area contributed by atoms with E-state index in [2.05, 4.69) is 31.9 Å². The third kappa shape index (κ3) is 2.95. The fourth-order valence-corrected chi connectivity index (χ4v) is 4.75. The van der Waals surface area contributed by atoms with Gasteiger partial charge in [0.05, 0.1) is 4.47 Å². The fourth-order valence-electron chi connectivity index (χ4n) is 3.60. The van der Waals surface area contributed by atoms with E-state index in [4.69, 9.17) is 0 Å². The van der Waals surface area contributed by atoms with Crippen molar-refractivity contribution < 1.29 is 20.1 Å². The third-order valence-corrected chi connectivity index (χ3v) is 6.38. The lowest BCUT2D eigenvalue weighted by atomic mass is 9.81. The summed E-state index contributed by atoms with van der Waals surface area (Å²) in [5.41, 5.74) is 1.31. The molecule has 27 heavy (non-hydrogen) atoms. The van der Waals surface area contributed by atoms with Gasteiger partial charge in [0.15, 0.2) is 0 Å². The van der Waals surface area contributed by atoms with Crippen molar-refractivity contribution in [2.24, 2.45) is 0 Å². The number of fused-ring (bicyclic) bond motifs is 1. The van der Waals surface area contributed by atoms with E-state index in [0.29, 0.717) is 16.6 Å². The van der Waals surface area contributed by atoms with Gasteiger partial charge >= 0.3 is 5.97 Å². The maximum absolute atomic E-state index is 12.0. The summed E-state index contributed by atoms with van der Waals surface area (Å²) in [6.07, 6.45) is 0. The average molecular weight is 493 g/mol. The molecule has 4 rings (SSSR count). The molecule has 3 N–H and O–H groups in total. The van der Waals surface area contributed by atoms with Crippen LogP contribution in [0, 0.1) is 0 Å². The van der Waals surface area contributed by atoms with E-state index in [-0.39, 0.29) is 16.0 Å². The lowest BCUT2D eigenvalue weighted by molar-refractivity contribution is -0.140. The largest absolute Gasteiger partial charge is 0.506 e. The van der Waals surface area contributed by atoms with Crippen LogP contribution in [-0.2, 0) is 4.79 Å². The van der Waals surface area contributed by atoms with E-state index in [9.17, 15) is 20.1 Å². The van der Waals surface area contributed by atoms with Crippen LogP contribution in [0.2, 0.25) is 0 Å². The quantitative estimate of drug-likeness (QED) is 0.487. The number of aliphatic carboxylic acids is 1. The molecule has 5 nitrogen and oxygen atoms in total. The highest BCUT2D eigenvalue weighted by atomic mass is 79.9. The van der Waals surface area contributed by atoms with Crippen LogP contribution in [-0.4, -0.2) is 33.9 Å². The van der Waals surface area contributed by atoms with Crippen LogP contribution in [0.25, 0.3) is 10.8 Å². The van der Waals surface area contributed by atoms with E-state index in [1.807, 2.05) is 47.4 Å². The normalized spacial score (nSPS) is 19.1. The first-order valence-electron chi connectivity index (χ1n) is 8.26. The van der Waals surface area contributed by atoms with Gasteiger partial charge in [0, 0.05) is 23.7 Å². The van der Waals surface area contributed by atoms with Crippen molar-refractivity contribution in [2.45, 2.75) is 12.0 Å². The highest BCUT2D eigenvalue weighted by Gasteiger charge is 2.46. The Kier molecular flexibility index (Phi) is 4.52. The van der Waals surface area contributed by atoms with Gasteiger partial charge in [-0.15, -0.1) is 0 Å². The van der Waals surface area contributed by atoms with E-state index in [1.165, 1.54) is 0 Å². The minimum absolute atomic E-state index is 0.117. The van der Waals surface area contributed by atoms with Gasteiger partial charge in [0.25, 0.3) is 0 Å². The molecular weight excluding hydrogens is 478 g/mol. The molecule has 2 unspecified atom stereocenters. The van der Waals surface area contributed by atoms with Crippen LogP contribution in [0.4, 0.5) is 5.69 Å². The zero-order valence-electron chi connectivity index (χ0n) is 13.9. The summed E-state index contributed by atoms with van der Waals surface area (Å²) in [7, 11) is 0. The van der Waals surface area contributed by atoms with E-state index >= 15 is 0 Å². The Bertz CT molecular complexity index is 1070. The average Bonchev–Trinajstić information content (AvgIpc) is 2.62. The highest BCUT2D eigenvalue weighted by molar-refractivity contribution is 9.11. The molecule has 1 saturated heterocycles. The number of rotatable bonds is 3. The van der Waals surface area contributed by atoms with E-state index < -0.39 is 17.9 Å². The Morgan fingerprint density at radius 1 is 1.00 bits per heavy atom. The zero-order chi connectivity index (χ0) is 19.3. The number of halogens is 2. The van der Waals surface area contributed by atoms with Crippen molar-refractivity contribution in [3.05, 3.63) is 63.0 Å². The van der Waals surface area contributed by atoms with Gasteiger partial charge in [0.1, 0.15) is 22.0 Å². The lowest BCUT2D eigenvalue weighted by Gasteiger charge is -2.47. The van der Waals surface area contributed by atoms with Crippen LogP contribution in [0.5, 0.6) is 11.5 Å². The molecule has 0 spiro atoms. The molecule has 0 aromatic heterocycles. The summed E-state index contributed by atoms with van der Waals surface area (Å²) in [5.74, 6) is -1.61. The smallest absolute Gasteiger partial charge is 0.327 e. The number of benzene rings is 3. The predicted octanol–water partition coefficient (Wildman–Crippen LogP) is 4.83. The monoisotopic (exact) mass is 491 g/mol. The summed E-state index contributed by atoms with van der Waals surface area (Å²) in [5, 5.41) is 32.2. The highest BCUT2D eigenvalue weighted by Crippen LogP contribution is 2.48. The molecule has 1 fully saturated rings. The predicted molar refractivity (Wildman–Crippen MR) is 111 cm³/mol. The molecule has 0 bridgehead atoms. The number of anilines is 1. The minimum Gasteiger partial charge on any atom is -0.506 e. The van der Waals surface area contributed by atoms with Gasteiger partial charge in [-0.1, -0.05) is 30.3 Å². The van der Waals surface area contributed by atoms with Crippen LogP contribution in [0.1, 0.15) is 11.5 Å². The van der Waals surface area contributed by atoms with Crippen molar-refractivity contribution in [2.75, 3.05) is 11.4 Å². The summed E-state index contributed by atoms with van der Waals surface area (Å²) in [6.45, 7) is 0.451. The number of carbonyl (C=O) groups is 1. The lowest BCUT2D eigenvalue weighted by Crippen LogP contribution is -2.59. The standard InChI is InChI=1S/C20H15Br2NO4/c21-15-8-13(18(24)16(22)19(15)25)14-9-23(17(14)20(26)27)12-6-5-10-3-1-2-4-11(10)7-12/h1-8,14,17,24-25H,9H2,(H,26,27). The Morgan fingerprint density at radius 2 is 1.70 bits per heavy atom. The number of aromatic hydroxyl groups is 2. The summed E-state index contributed by atoms with van der Waals surface area (Å²) in [4.78, 5) is 13.8. The maximum atomic E-state index is 12.0. The van der Waals surface area contributed by atoms with Crippen LogP contribution < -0.4 is 4.90 Å². The van der Waals surface area contributed by atoms with Gasteiger partial charge in [-0.25, -0.2) is 4.79 Å². The molecule has 2 atom stereocenters. The van der Waals surface area contributed by atoms with Gasteiger partial charge < -0.3 is 20.2 Å². The molecule has 3 aromatic rings. The number of carboxylic acids is 1. The number of phenols is 2. The summed E-state index contributed by atoms with van der Waals surface area (Å²) in [6, 6.07) is 14.5. The molecule has 0 saturated carbocycles. The third-order valence-electron chi connectivity index (χ3n) is 5.03. The molecule has 0 radical (unpaired) electrons. The van der Waals surface area contributed by atoms with Crippen molar-refractivity contribution in [1.82, 2.24) is 0 Å². The first kappa shape index (κ1) is 18.1. The second-order valence-corrected chi connectivity index (χ2v) is 8.18. The second-order valence-electron chi connectivity index (χ2n) is 6.53. The Hall–Kier alpha value is -2.25. The number of hydrogen-bond acceptors (Lipinski definition) is 4. The molecular formula is C20H15Br2NO4. The summed E-state index contributed by atoms with van der Waals surface area (Å²) >= 11 is 6.40. The van der Waals surface area contributed by atoms with Gasteiger partial charge in [-0.3, -0.25) is 0 Å². The molecule has 0 aliphatic carbocycles. The van der Waals surface area contributed by atoms with Crippen molar-refractivity contribution in [1.29, 1.82) is 0 Å². The minimum atomic E-state index is -0.959. The van der Waals surface area contributed by atoms with Crippen molar-refractivity contribution in [3.63, 3.8) is 0 Å². The van der Waals surface area contributed by atoms with E-state index in [0.717, 1.165) is 16.5 Å². The van der Waals surface area contributed by atoms with Crippen LogP contribution >= 0.6 is 31.9 Å². The molecule has 1 aliphatic heterocycles. The van der Waals surface area contributed by atoms with E-state index in [1.54, 1.807) is 6.07 Å². The second kappa shape index (κ2) is 6.73. The topological polar surface area (TPSA) is 81.0 Å². The number of phenolic OH excluding ortho intramolecular Hbond substituents is 2. The molecule has 1 aliphatic rings. The number of nitrogens with zero attached hydrogens (tertiary/aromatic N) is 1. The molecule has 7 heteroatoms. The first-order valence-corrected chi connectivity index (χ1v) is 9.85. The Balaban J connectivity index is 1.72. The number of carboxylic acid groups (broad SMARTS) is 1. The SMILES string of the molecule is O=C(O)C1C(c2cc(Br)c(O)c(Br)c2O)CN1c1ccc2ccccc2c1. The van der Waals surface area contributed by atoms with Gasteiger partial charge in [-0.2, -0.15) is 0 Å². The molecule has 138 valence electrons. The first-order chi connectivity index (χ1) is 12.9. The van der Waals surface area contributed by atoms with Gasteiger partial charge in [-0.05, 0) is 60.8 Å². The van der Waals surface area contributed by atoms with Crippen molar-refractivity contribution >= 4 is 54.3 Å². The molecule has 3 aromatic carbocycles. The number of hydrogen-bond donors (Lipinski definition) is 3. The molecule has 0 amide bonds. The van der Waals surface area contributed by atoms with Crippen LogP contribution in [0.15, 0.2) is 57.5 Å². The van der Waals surface area contributed by atoms with Crippen LogP contribution in [0.3, 0.4) is 0 Å². The Morgan fingerprint density at radius 3 is 2.41 bits per heavy atom. The maximum Gasteiger partial charge on any atom is 0.327 e.